The van der Waals surface area contributed by atoms with Crippen molar-refractivity contribution in [2.24, 2.45) is 0 Å². The quantitative estimate of drug-likeness (QED) is 0.841. The summed E-state index contributed by atoms with van der Waals surface area (Å²) in [6.45, 7) is 0.960. The zero-order chi connectivity index (χ0) is 10.7. The van der Waals surface area contributed by atoms with Gasteiger partial charge in [-0.1, -0.05) is 6.07 Å². The van der Waals surface area contributed by atoms with Crippen LogP contribution in [-0.2, 0) is 22.4 Å². The number of aryl methyl sites for hydroxylation is 1. The molecular weight excluding hydrogens is 263 g/mol. The molecule has 1 N–H and O–H groups in total. The molecule has 0 saturated heterocycles. The third kappa shape index (κ3) is 4.06. The Kier molecular flexibility index (Phi) is 6.92. The van der Waals surface area contributed by atoms with Crippen LogP contribution in [0.25, 0.3) is 0 Å². The smallest absolute Gasteiger partial charge is 0.311 e. The van der Waals surface area contributed by atoms with Crippen molar-refractivity contribution < 1.29 is 9.53 Å². The Hall–Kier alpha value is -1.00. The second-order valence-electron chi connectivity index (χ2n) is 3.59. The van der Waals surface area contributed by atoms with Crippen molar-refractivity contribution in [3.05, 3.63) is 23.4 Å². The number of hydrogen-bond donors (Lipinski definition) is 1. The van der Waals surface area contributed by atoms with Crippen LogP contribution in [0.15, 0.2) is 12.1 Å². The Labute approximate surface area is 113 Å². The minimum absolute atomic E-state index is 0. The summed E-state index contributed by atoms with van der Waals surface area (Å²) in [6.07, 6.45) is 2.45. The van der Waals surface area contributed by atoms with E-state index in [1.165, 1.54) is 12.7 Å². The molecule has 0 atom stereocenters. The van der Waals surface area contributed by atoms with Gasteiger partial charge in [-0.05, 0) is 24.5 Å². The summed E-state index contributed by atoms with van der Waals surface area (Å²) in [4.78, 5) is 15.5. The first-order valence-corrected chi connectivity index (χ1v) is 5.09. The molecule has 0 saturated carbocycles. The zero-order valence-corrected chi connectivity index (χ0v) is 11.2. The molecule has 17 heavy (non-hydrogen) atoms. The van der Waals surface area contributed by atoms with Gasteiger partial charge in [0.2, 0.25) is 0 Å². The van der Waals surface area contributed by atoms with Gasteiger partial charge in [-0.15, -0.1) is 24.8 Å². The summed E-state index contributed by atoms with van der Waals surface area (Å²) in [6, 6.07) is 3.93. The summed E-state index contributed by atoms with van der Waals surface area (Å²) in [7, 11) is 1.39. The number of esters is 1. The molecule has 0 fully saturated rings. The summed E-state index contributed by atoms with van der Waals surface area (Å²) >= 11 is 0. The Morgan fingerprint density at radius 3 is 2.94 bits per heavy atom. The van der Waals surface area contributed by atoms with Gasteiger partial charge in [-0.25, -0.2) is 4.98 Å². The predicted molar refractivity (Wildman–Crippen MR) is 71.3 cm³/mol. The number of methoxy groups -OCH3 is 1. The lowest BCUT2D eigenvalue weighted by Gasteiger charge is -2.17. The van der Waals surface area contributed by atoms with Gasteiger partial charge in [0.1, 0.15) is 5.82 Å². The van der Waals surface area contributed by atoms with Crippen LogP contribution in [0.1, 0.15) is 17.7 Å². The Morgan fingerprint density at radius 1 is 1.47 bits per heavy atom. The molecule has 0 aliphatic carbocycles. The van der Waals surface area contributed by atoms with Gasteiger partial charge in [0.05, 0.1) is 19.2 Å². The lowest BCUT2D eigenvalue weighted by Crippen LogP contribution is -2.15. The molecule has 96 valence electrons. The average Bonchev–Trinajstić information content (AvgIpc) is 2.29. The van der Waals surface area contributed by atoms with E-state index in [1.807, 2.05) is 12.1 Å². The molecule has 0 amide bonds. The molecule has 2 heterocycles. The third-order valence-corrected chi connectivity index (χ3v) is 2.50. The summed E-state index contributed by atoms with van der Waals surface area (Å²) in [5.74, 6) is 0.668. The molecule has 0 unspecified atom stereocenters. The first-order chi connectivity index (χ1) is 7.29. The number of nitrogens with one attached hydrogen (secondary N) is 1. The second-order valence-corrected chi connectivity index (χ2v) is 3.59. The van der Waals surface area contributed by atoms with Crippen molar-refractivity contribution >= 4 is 36.6 Å². The maximum Gasteiger partial charge on any atom is 0.311 e. The number of carbonyl (C=O) groups is 1. The van der Waals surface area contributed by atoms with Gasteiger partial charge in [-0.2, -0.15) is 0 Å². The fraction of sp³-hybridized carbons (Fsp3) is 0.455. The average molecular weight is 279 g/mol. The number of carbonyl (C=O) groups excluding carboxylic acids is 1. The molecular formula is C11H16Cl2N2O2. The number of nitrogens with zero attached hydrogens (tertiary/aromatic N) is 1. The molecule has 1 aromatic rings. The maximum atomic E-state index is 11.1. The van der Waals surface area contributed by atoms with Crippen LogP contribution in [-0.4, -0.2) is 24.6 Å². The Balaban J connectivity index is 0.00000128. The van der Waals surface area contributed by atoms with E-state index in [9.17, 15) is 4.79 Å². The van der Waals surface area contributed by atoms with Crippen LogP contribution in [0.3, 0.4) is 0 Å². The number of ether oxygens (including phenoxy) is 1. The first-order valence-electron chi connectivity index (χ1n) is 5.09. The first kappa shape index (κ1) is 16.0. The number of hydrogen-bond acceptors (Lipinski definition) is 4. The van der Waals surface area contributed by atoms with Crippen LogP contribution in [0.5, 0.6) is 0 Å². The molecule has 1 aliphatic heterocycles. The highest BCUT2D eigenvalue weighted by Crippen LogP contribution is 2.19. The van der Waals surface area contributed by atoms with E-state index in [2.05, 4.69) is 15.0 Å². The van der Waals surface area contributed by atoms with Gasteiger partial charge in [0, 0.05) is 6.54 Å². The number of pyridine rings is 1. The molecule has 4 nitrogen and oxygen atoms in total. The highest BCUT2D eigenvalue weighted by Gasteiger charge is 2.11. The van der Waals surface area contributed by atoms with Crippen LogP contribution >= 0.6 is 24.8 Å². The number of fused-ring (bicyclic) bond motifs is 1. The van der Waals surface area contributed by atoms with E-state index in [0.29, 0.717) is 0 Å². The molecule has 0 bridgehead atoms. The number of aromatic nitrogens is 1. The topological polar surface area (TPSA) is 51.2 Å². The molecule has 1 aromatic heterocycles. The fourth-order valence-corrected chi connectivity index (χ4v) is 1.69. The van der Waals surface area contributed by atoms with Crippen LogP contribution in [0.4, 0.5) is 5.82 Å². The Morgan fingerprint density at radius 2 is 2.24 bits per heavy atom. The van der Waals surface area contributed by atoms with Crippen LogP contribution in [0, 0.1) is 0 Å². The predicted octanol–water partition coefficient (Wildman–Crippen LogP) is 2.00. The zero-order valence-electron chi connectivity index (χ0n) is 9.56. The normalized spacial score (nSPS) is 12.3. The van der Waals surface area contributed by atoms with E-state index in [-0.39, 0.29) is 37.2 Å². The van der Waals surface area contributed by atoms with E-state index >= 15 is 0 Å². The highest BCUT2D eigenvalue weighted by atomic mass is 35.5. The number of anilines is 1. The fourth-order valence-electron chi connectivity index (χ4n) is 1.69. The number of rotatable bonds is 2. The standard InChI is InChI=1S/C11H14N2O2.2ClH/c1-15-10(14)7-9-5-4-8-3-2-6-12-11(8)13-9;;/h4-5H,2-3,6-7H2,1H3,(H,12,13);2*1H. The summed E-state index contributed by atoms with van der Waals surface area (Å²) < 4.78 is 4.60. The monoisotopic (exact) mass is 278 g/mol. The van der Waals surface area contributed by atoms with Gasteiger partial charge in [-0.3, -0.25) is 4.79 Å². The van der Waals surface area contributed by atoms with E-state index in [4.69, 9.17) is 0 Å². The summed E-state index contributed by atoms with van der Waals surface area (Å²) in [5, 5.41) is 3.23. The van der Waals surface area contributed by atoms with Crippen molar-refractivity contribution in [2.75, 3.05) is 19.0 Å². The van der Waals surface area contributed by atoms with Crippen LogP contribution in [0.2, 0.25) is 0 Å². The molecule has 1 aliphatic rings. The largest absolute Gasteiger partial charge is 0.469 e. The lowest BCUT2D eigenvalue weighted by atomic mass is 10.1. The van der Waals surface area contributed by atoms with Gasteiger partial charge in [0.15, 0.2) is 0 Å². The van der Waals surface area contributed by atoms with Crippen molar-refractivity contribution in [3.8, 4) is 0 Å². The number of halogens is 2. The molecule has 0 aromatic carbocycles. The maximum absolute atomic E-state index is 11.1. The van der Waals surface area contributed by atoms with E-state index in [0.717, 1.165) is 30.9 Å². The summed E-state index contributed by atoms with van der Waals surface area (Å²) in [5.41, 5.74) is 1.99. The third-order valence-electron chi connectivity index (χ3n) is 2.50. The molecule has 6 heteroatoms. The minimum atomic E-state index is -0.252. The minimum Gasteiger partial charge on any atom is -0.469 e. The van der Waals surface area contributed by atoms with E-state index in [1.54, 1.807) is 0 Å². The van der Waals surface area contributed by atoms with Crippen molar-refractivity contribution in [2.45, 2.75) is 19.3 Å². The van der Waals surface area contributed by atoms with Crippen LogP contribution < -0.4 is 5.32 Å². The molecule has 0 spiro atoms. The van der Waals surface area contributed by atoms with Crippen molar-refractivity contribution in [1.29, 1.82) is 0 Å². The van der Waals surface area contributed by atoms with E-state index < -0.39 is 0 Å². The Bertz CT molecular complexity index is 386. The molecule has 0 radical (unpaired) electrons. The van der Waals surface area contributed by atoms with Gasteiger partial charge < -0.3 is 10.1 Å². The van der Waals surface area contributed by atoms with Crippen molar-refractivity contribution in [1.82, 2.24) is 4.98 Å². The second kappa shape index (κ2) is 7.35. The SMILES string of the molecule is COC(=O)Cc1ccc2c(n1)NCCC2.Cl.Cl. The van der Waals surface area contributed by atoms with Gasteiger partial charge in [0.25, 0.3) is 0 Å². The van der Waals surface area contributed by atoms with Gasteiger partial charge >= 0.3 is 5.97 Å². The highest BCUT2D eigenvalue weighted by molar-refractivity contribution is 5.85. The molecule has 2 rings (SSSR count). The lowest BCUT2D eigenvalue weighted by molar-refractivity contribution is -0.139. The van der Waals surface area contributed by atoms with Crippen molar-refractivity contribution in [3.63, 3.8) is 0 Å².